The van der Waals surface area contributed by atoms with Crippen LogP contribution in [0.2, 0.25) is 0 Å². The minimum atomic E-state index is -0.372. The van der Waals surface area contributed by atoms with Crippen molar-refractivity contribution in [2.45, 2.75) is 32.3 Å². The molecule has 0 atom stereocenters. The predicted molar refractivity (Wildman–Crippen MR) is 121 cm³/mol. The standard InChI is InChI=1S/C18H26N2OS4/c1-5-19(6-2)17(22)24-16(25-18(23)20(7-3)8-4)15(21)14-12-10-9-11-13-14/h9-13,16H,5-8H2,1-4H3. The van der Waals surface area contributed by atoms with Crippen LogP contribution >= 0.6 is 48.0 Å². The highest BCUT2D eigenvalue weighted by Crippen LogP contribution is 2.31. The average Bonchev–Trinajstić information content (AvgIpc) is 2.63. The molecule has 0 radical (unpaired) electrons. The summed E-state index contributed by atoms with van der Waals surface area (Å²) in [5.41, 5.74) is 0.692. The van der Waals surface area contributed by atoms with E-state index in [1.807, 2.05) is 30.3 Å². The highest BCUT2D eigenvalue weighted by molar-refractivity contribution is 8.37. The molecule has 25 heavy (non-hydrogen) atoms. The van der Waals surface area contributed by atoms with E-state index >= 15 is 0 Å². The number of Topliss-reactive ketones (excluding diaryl/α,β-unsaturated/α-hetero) is 1. The van der Waals surface area contributed by atoms with Crippen LogP contribution in [0.3, 0.4) is 0 Å². The van der Waals surface area contributed by atoms with Gasteiger partial charge < -0.3 is 9.80 Å². The molecular weight excluding hydrogens is 388 g/mol. The number of thioether (sulfide) groups is 2. The molecule has 138 valence electrons. The highest BCUT2D eigenvalue weighted by atomic mass is 32.2. The zero-order valence-corrected chi connectivity index (χ0v) is 18.5. The molecule has 0 amide bonds. The molecule has 7 heteroatoms. The van der Waals surface area contributed by atoms with E-state index in [9.17, 15) is 4.79 Å². The SMILES string of the molecule is CCN(CC)C(=S)SC(SC(=S)N(CC)CC)C(=O)c1ccccc1. The van der Waals surface area contributed by atoms with Gasteiger partial charge in [0.05, 0.1) is 0 Å². The summed E-state index contributed by atoms with van der Waals surface area (Å²) in [5, 5.41) is 0. The second-order valence-electron chi connectivity index (χ2n) is 5.17. The molecule has 0 N–H and O–H groups in total. The minimum absolute atomic E-state index is 0.0552. The number of nitrogens with zero attached hydrogens (tertiary/aromatic N) is 2. The Hall–Kier alpha value is -0.630. The number of benzene rings is 1. The third kappa shape index (κ3) is 6.89. The van der Waals surface area contributed by atoms with E-state index in [1.54, 1.807) is 0 Å². The normalized spacial score (nSPS) is 10.6. The monoisotopic (exact) mass is 414 g/mol. The zero-order valence-electron chi connectivity index (χ0n) is 15.2. The molecule has 0 heterocycles. The number of thiocarbonyl (C=S) groups is 2. The first kappa shape index (κ1) is 22.4. The highest BCUT2D eigenvalue weighted by Gasteiger charge is 2.27. The lowest BCUT2D eigenvalue weighted by atomic mass is 10.1. The Morgan fingerprint density at radius 2 is 1.28 bits per heavy atom. The summed E-state index contributed by atoms with van der Waals surface area (Å²) in [5.74, 6) is 0.0552. The summed E-state index contributed by atoms with van der Waals surface area (Å²) in [7, 11) is 0. The van der Waals surface area contributed by atoms with Crippen LogP contribution in [0, 0.1) is 0 Å². The third-order valence-corrected chi connectivity index (χ3v) is 7.18. The van der Waals surface area contributed by atoms with Gasteiger partial charge in [0.15, 0.2) is 5.78 Å². The molecule has 3 nitrogen and oxygen atoms in total. The number of hydrogen-bond acceptors (Lipinski definition) is 5. The van der Waals surface area contributed by atoms with Crippen LogP contribution in [0.25, 0.3) is 0 Å². The van der Waals surface area contributed by atoms with Gasteiger partial charge in [0, 0.05) is 31.7 Å². The number of hydrogen-bond donors (Lipinski definition) is 0. The Bertz CT molecular complexity index is 546. The maximum atomic E-state index is 13.0. The topological polar surface area (TPSA) is 23.6 Å². The number of carbonyl (C=O) groups excluding carboxylic acids is 1. The fourth-order valence-corrected chi connectivity index (χ4v) is 6.03. The fourth-order valence-electron chi connectivity index (χ4n) is 2.17. The first-order chi connectivity index (χ1) is 12.0. The van der Waals surface area contributed by atoms with Crippen molar-refractivity contribution in [2.75, 3.05) is 26.2 Å². The lowest BCUT2D eigenvalue weighted by Gasteiger charge is -2.27. The van der Waals surface area contributed by atoms with E-state index in [1.165, 1.54) is 23.5 Å². The molecule has 0 spiro atoms. The molecule has 0 bridgehead atoms. The van der Waals surface area contributed by atoms with Gasteiger partial charge >= 0.3 is 0 Å². The van der Waals surface area contributed by atoms with Crippen LogP contribution in [0.15, 0.2) is 30.3 Å². The van der Waals surface area contributed by atoms with Gasteiger partial charge in [-0.1, -0.05) is 78.3 Å². The summed E-state index contributed by atoms with van der Waals surface area (Å²) in [6.07, 6.45) is 0. The van der Waals surface area contributed by atoms with E-state index in [4.69, 9.17) is 24.4 Å². The van der Waals surface area contributed by atoms with Gasteiger partial charge in [-0.25, -0.2) is 0 Å². The average molecular weight is 415 g/mol. The van der Waals surface area contributed by atoms with Crippen molar-refractivity contribution in [2.24, 2.45) is 0 Å². The van der Waals surface area contributed by atoms with Gasteiger partial charge in [0.25, 0.3) is 0 Å². The fraction of sp³-hybridized carbons (Fsp3) is 0.500. The number of rotatable bonds is 8. The van der Waals surface area contributed by atoms with Gasteiger partial charge in [0.1, 0.15) is 13.2 Å². The van der Waals surface area contributed by atoms with E-state index in [-0.39, 0.29) is 10.4 Å². The van der Waals surface area contributed by atoms with E-state index < -0.39 is 0 Å². The van der Waals surface area contributed by atoms with Crippen molar-refractivity contribution in [1.82, 2.24) is 9.80 Å². The van der Waals surface area contributed by atoms with E-state index in [0.717, 1.165) is 34.8 Å². The number of ketones is 1. The molecule has 0 aromatic heterocycles. The molecule has 0 saturated heterocycles. The van der Waals surface area contributed by atoms with Crippen molar-refractivity contribution >= 4 is 62.4 Å². The summed E-state index contributed by atoms with van der Waals surface area (Å²) in [6, 6.07) is 9.36. The Morgan fingerprint density at radius 1 is 0.880 bits per heavy atom. The first-order valence-electron chi connectivity index (χ1n) is 8.48. The first-order valence-corrected chi connectivity index (χ1v) is 11.1. The molecule has 0 unspecified atom stereocenters. The van der Waals surface area contributed by atoms with Crippen LogP contribution in [-0.4, -0.2) is 55.0 Å². The Morgan fingerprint density at radius 3 is 1.64 bits per heavy atom. The van der Waals surface area contributed by atoms with Crippen LogP contribution in [-0.2, 0) is 0 Å². The van der Waals surface area contributed by atoms with Gasteiger partial charge in [-0.3, -0.25) is 4.79 Å². The van der Waals surface area contributed by atoms with Gasteiger partial charge in [0.2, 0.25) is 0 Å². The van der Waals surface area contributed by atoms with Crippen LogP contribution in [0.1, 0.15) is 38.1 Å². The Balaban J connectivity index is 2.99. The molecular formula is C18H26N2OS4. The summed E-state index contributed by atoms with van der Waals surface area (Å²) < 4.78 is 1.12. The van der Waals surface area contributed by atoms with E-state index in [2.05, 4.69) is 37.5 Å². The maximum absolute atomic E-state index is 13.0. The largest absolute Gasteiger partial charge is 0.358 e. The molecule has 0 aliphatic carbocycles. The second kappa shape index (κ2) is 11.9. The summed E-state index contributed by atoms with van der Waals surface area (Å²) in [4.78, 5) is 17.2. The van der Waals surface area contributed by atoms with Gasteiger partial charge in [-0.15, -0.1) is 0 Å². The molecule has 0 aliphatic heterocycles. The smallest absolute Gasteiger partial charge is 0.186 e. The summed E-state index contributed by atoms with van der Waals surface area (Å²) >= 11 is 14.0. The van der Waals surface area contributed by atoms with Gasteiger partial charge in [-0.05, 0) is 27.7 Å². The second-order valence-corrected chi connectivity index (χ2v) is 8.95. The van der Waals surface area contributed by atoms with Crippen LogP contribution in [0.5, 0.6) is 0 Å². The minimum Gasteiger partial charge on any atom is -0.358 e. The van der Waals surface area contributed by atoms with Crippen molar-refractivity contribution < 1.29 is 4.79 Å². The van der Waals surface area contributed by atoms with Crippen LogP contribution < -0.4 is 0 Å². The molecule has 0 aliphatic rings. The third-order valence-electron chi connectivity index (χ3n) is 3.73. The molecule has 0 saturated carbocycles. The van der Waals surface area contributed by atoms with Gasteiger partial charge in [-0.2, -0.15) is 0 Å². The molecule has 1 aromatic carbocycles. The van der Waals surface area contributed by atoms with Crippen LogP contribution in [0.4, 0.5) is 0 Å². The van der Waals surface area contributed by atoms with E-state index in [0.29, 0.717) is 5.56 Å². The van der Waals surface area contributed by atoms with Crippen molar-refractivity contribution in [1.29, 1.82) is 0 Å². The lowest BCUT2D eigenvalue weighted by molar-refractivity contribution is 0.101. The van der Waals surface area contributed by atoms with Crippen molar-refractivity contribution in [3.8, 4) is 0 Å². The summed E-state index contributed by atoms with van der Waals surface area (Å²) in [6.45, 7) is 11.6. The Labute approximate surface area is 170 Å². The predicted octanol–water partition coefficient (Wildman–Crippen LogP) is 4.92. The zero-order chi connectivity index (χ0) is 18.8. The lowest BCUT2D eigenvalue weighted by Crippen LogP contribution is -2.32. The quantitative estimate of drug-likeness (QED) is 0.338. The Kier molecular flexibility index (Phi) is 10.7. The molecule has 0 fully saturated rings. The van der Waals surface area contributed by atoms with Crippen molar-refractivity contribution in [3.63, 3.8) is 0 Å². The van der Waals surface area contributed by atoms with Crippen molar-refractivity contribution in [3.05, 3.63) is 35.9 Å². The number of carbonyl (C=O) groups is 1. The maximum Gasteiger partial charge on any atom is 0.186 e. The molecule has 1 aromatic rings. The molecule has 1 rings (SSSR count).